The van der Waals surface area contributed by atoms with Crippen molar-refractivity contribution in [3.05, 3.63) is 66.0 Å². The highest BCUT2D eigenvalue weighted by Gasteiger charge is 2.18. The number of nitrogens with zero attached hydrogens (tertiary/aromatic N) is 1. The average molecular weight is 408 g/mol. The molecule has 0 spiro atoms. The summed E-state index contributed by atoms with van der Waals surface area (Å²) < 4.78 is 25.2. The minimum atomic E-state index is -0.376. The summed E-state index contributed by atoms with van der Waals surface area (Å²) in [4.78, 5) is 14.7. The third-order valence-electron chi connectivity index (χ3n) is 5.53. The van der Waals surface area contributed by atoms with Crippen LogP contribution in [0.5, 0.6) is 5.75 Å². The molecular formula is C24H25FN2O3. The summed E-state index contributed by atoms with van der Waals surface area (Å²) in [5, 5.41) is 4.92. The molecule has 156 valence electrons. The largest absolute Gasteiger partial charge is 0.497 e. The van der Waals surface area contributed by atoms with Crippen LogP contribution < -0.4 is 15.0 Å². The first-order chi connectivity index (χ1) is 14.5. The third kappa shape index (κ3) is 4.24. The molecule has 30 heavy (non-hydrogen) atoms. The van der Waals surface area contributed by atoms with E-state index >= 15 is 0 Å². The highest BCUT2D eigenvalue weighted by Crippen LogP contribution is 2.27. The van der Waals surface area contributed by atoms with E-state index in [4.69, 9.17) is 9.47 Å². The zero-order valence-electron chi connectivity index (χ0n) is 17.2. The van der Waals surface area contributed by atoms with Gasteiger partial charge in [0.2, 0.25) is 5.91 Å². The number of nitrogens with one attached hydrogen (secondary N) is 1. The van der Waals surface area contributed by atoms with E-state index in [9.17, 15) is 9.18 Å². The summed E-state index contributed by atoms with van der Waals surface area (Å²) in [6.07, 6.45) is 0. The number of rotatable bonds is 5. The number of carbonyl (C=O) groups excluding carboxylic acids is 1. The first-order valence-corrected chi connectivity index (χ1v) is 10.1. The molecular weight excluding hydrogens is 383 g/mol. The number of methoxy groups -OCH3 is 1. The predicted octanol–water partition coefficient (Wildman–Crippen LogP) is 4.57. The molecule has 1 aliphatic heterocycles. The molecule has 1 saturated heterocycles. The van der Waals surface area contributed by atoms with Crippen molar-refractivity contribution >= 4 is 28.1 Å². The maximum Gasteiger partial charge on any atom is 0.231 e. The van der Waals surface area contributed by atoms with Crippen LogP contribution >= 0.6 is 0 Å². The molecule has 1 atom stereocenters. The molecule has 0 unspecified atom stereocenters. The molecule has 3 aromatic rings. The Balaban J connectivity index is 1.47. The lowest BCUT2D eigenvalue weighted by Gasteiger charge is -2.29. The van der Waals surface area contributed by atoms with Crippen molar-refractivity contribution < 1.29 is 18.7 Å². The fourth-order valence-electron chi connectivity index (χ4n) is 3.69. The normalized spacial score (nSPS) is 15.1. The second-order valence-electron chi connectivity index (χ2n) is 7.45. The Morgan fingerprint density at radius 3 is 2.53 bits per heavy atom. The number of amides is 1. The molecule has 0 aromatic heterocycles. The number of benzene rings is 3. The molecule has 0 bridgehead atoms. The van der Waals surface area contributed by atoms with Crippen molar-refractivity contribution in [2.24, 2.45) is 0 Å². The number of ether oxygens (including phenoxy) is 2. The van der Waals surface area contributed by atoms with E-state index in [0.29, 0.717) is 37.7 Å². The van der Waals surface area contributed by atoms with Gasteiger partial charge >= 0.3 is 0 Å². The van der Waals surface area contributed by atoms with Crippen molar-refractivity contribution in [1.82, 2.24) is 0 Å². The van der Waals surface area contributed by atoms with Crippen LogP contribution in [0.25, 0.3) is 10.8 Å². The van der Waals surface area contributed by atoms with Crippen LogP contribution in [0.1, 0.15) is 18.4 Å². The lowest BCUT2D eigenvalue weighted by atomic mass is 9.97. The van der Waals surface area contributed by atoms with Crippen LogP contribution in [0.15, 0.2) is 54.6 Å². The van der Waals surface area contributed by atoms with Crippen LogP contribution in [0.4, 0.5) is 15.8 Å². The SMILES string of the molecule is COc1ccc2cc([C@H](C)C(=O)Nc3ccc(N4CCOCC4)c(F)c3)ccc2c1. The summed E-state index contributed by atoms with van der Waals surface area (Å²) in [5.41, 5.74) is 1.89. The first kappa shape index (κ1) is 20.2. The third-order valence-corrected chi connectivity index (χ3v) is 5.53. The van der Waals surface area contributed by atoms with Crippen LogP contribution in [0.2, 0.25) is 0 Å². The summed E-state index contributed by atoms with van der Waals surface area (Å²) in [6, 6.07) is 16.6. The summed E-state index contributed by atoms with van der Waals surface area (Å²) in [7, 11) is 1.64. The maximum atomic E-state index is 14.6. The molecule has 0 radical (unpaired) electrons. The van der Waals surface area contributed by atoms with Gasteiger partial charge in [-0.3, -0.25) is 4.79 Å². The number of carbonyl (C=O) groups is 1. The highest BCUT2D eigenvalue weighted by molar-refractivity contribution is 5.96. The van der Waals surface area contributed by atoms with Gasteiger partial charge in [-0.1, -0.05) is 24.3 Å². The molecule has 1 aliphatic rings. The van der Waals surface area contributed by atoms with Gasteiger partial charge in [-0.2, -0.15) is 0 Å². The van der Waals surface area contributed by atoms with Crippen LogP contribution in [0, 0.1) is 5.82 Å². The number of morpholine rings is 1. The molecule has 1 N–H and O–H groups in total. The van der Waals surface area contributed by atoms with Crippen molar-refractivity contribution in [3.63, 3.8) is 0 Å². The standard InChI is InChI=1S/C24H25FN2O3/c1-16(17-3-4-19-14-21(29-2)7-5-18(19)13-17)24(28)26-20-6-8-23(22(25)15-20)27-9-11-30-12-10-27/h3-8,13-16H,9-12H2,1-2H3,(H,26,28)/t16-/m0/s1. The molecule has 3 aromatic carbocycles. The van der Waals surface area contributed by atoms with E-state index in [0.717, 1.165) is 22.1 Å². The molecule has 4 rings (SSSR count). The predicted molar refractivity (Wildman–Crippen MR) is 117 cm³/mol. The molecule has 1 amide bonds. The Labute approximate surface area is 175 Å². The van der Waals surface area contributed by atoms with Gasteiger partial charge in [0, 0.05) is 18.8 Å². The Morgan fingerprint density at radius 1 is 1.07 bits per heavy atom. The zero-order valence-corrected chi connectivity index (χ0v) is 17.2. The Morgan fingerprint density at radius 2 is 1.80 bits per heavy atom. The first-order valence-electron chi connectivity index (χ1n) is 10.1. The smallest absolute Gasteiger partial charge is 0.231 e. The van der Waals surface area contributed by atoms with Gasteiger partial charge in [0.25, 0.3) is 0 Å². The van der Waals surface area contributed by atoms with E-state index in [1.807, 2.05) is 48.2 Å². The van der Waals surface area contributed by atoms with Crippen molar-refractivity contribution in [2.45, 2.75) is 12.8 Å². The molecule has 1 heterocycles. The van der Waals surface area contributed by atoms with Crippen molar-refractivity contribution in [1.29, 1.82) is 0 Å². The average Bonchev–Trinajstić information content (AvgIpc) is 2.78. The van der Waals surface area contributed by atoms with E-state index < -0.39 is 0 Å². The summed E-state index contributed by atoms with van der Waals surface area (Å²) >= 11 is 0. The topological polar surface area (TPSA) is 50.8 Å². The fraction of sp³-hybridized carbons (Fsp3) is 0.292. The molecule has 5 nitrogen and oxygen atoms in total. The highest BCUT2D eigenvalue weighted by atomic mass is 19.1. The maximum absolute atomic E-state index is 14.6. The van der Waals surface area contributed by atoms with E-state index in [2.05, 4.69) is 5.32 Å². The number of halogens is 1. The minimum absolute atomic E-state index is 0.179. The lowest BCUT2D eigenvalue weighted by Crippen LogP contribution is -2.36. The quantitative estimate of drug-likeness (QED) is 0.672. The van der Waals surface area contributed by atoms with E-state index in [-0.39, 0.29) is 17.6 Å². The van der Waals surface area contributed by atoms with Crippen molar-refractivity contribution in [2.75, 3.05) is 43.6 Å². The number of hydrogen-bond donors (Lipinski definition) is 1. The second-order valence-corrected chi connectivity index (χ2v) is 7.45. The molecule has 0 aliphatic carbocycles. The van der Waals surface area contributed by atoms with Gasteiger partial charge in [-0.25, -0.2) is 4.39 Å². The summed E-state index contributed by atoms with van der Waals surface area (Å²) in [6.45, 7) is 4.35. The second kappa shape index (κ2) is 8.71. The molecule has 0 saturated carbocycles. The Kier molecular flexibility index (Phi) is 5.86. The summed E-state index contributed by atoms with van der Waals surface area (Å²) in [5.74, 6) is -0.106. The monoisotopic (exact) mass is 408 g/mol. The minimum Gasteiger partial charge on any atom is -0.497 e. The van der Waals surface area contributed by atoms with Gasteiger partial charge in [-0.05, 0) is 53.6 Å². The van der Waals surface area contributed by atoms with Gasteiger partial charge in [0.05, 0.1) is 31.9 Å². The van der Waals surface area contributed by atoms with Gasteiger partial charge in [0.1, 0.15) is 11.6 Å². The lowest BCUT2D eigenvalue weighted by molar-refractivity contribution is -0.117. The number of fused-ring (bicyclic) bond motifs is 1. The van der Waals surface area contributed by atoms with Crippen LogP contribution in [-0.2, 0) is 9.53 Å². The Bertz CT molecular complexity index is 1060. The van der Waals surface area contributed by atoms with Gasteiger partial charge in [-0.15, -0.1) is 0 Å². The van der Waals surface area contributed by atoms with Crippen molar-refractivity contribution in [3.8, 4) is 5.75 Å². The molecule has 1 fully saturated rings. The molecule has 6 heteroatoms. The number of hydrogen-bond acceptors (Lipinski definition) is 4. The zero-order chi connectivity index (χ0) is 21.1. The van der Waals surface area contributed by atoms with Gasteiger partial charge in [0.15, 0.2) is 0 Å². The van der Waals surface area contributed by atoms with Crippen LogP contribution in [0.3, 0.4) is 0 Å². The van der Waals surface area contributed by atoms with Crippen LogP contribution in [-0.4, -0.2) is 39.3 Å². The number of anilines is 2. The van der Waals surface area contributed by atoms with Gasteiger partial charge < -0.3 is 19.7 Å². The van der Waals surface area contributed by atoms with E-state index in [1.165, 1.54) is 6.07 Å². The fourth-order valence-corrected chi connectivity index (χ4v) is 3.69. The Hall–Kier alpha value is -3.12. The van der Waals surface area contributed by atoms with E-state index in [1.54, 1.807) is 19.2 Å².